The summed E-state index contributed by atoms with van der Waals surface area (Å²) in [7, 11) is 6.97. The molecule has 1 atom stereocenters. The Morgan fingerprint density at radius 3 is 2.39 bits per heavy atom. The van der Waals surface area contributed by atoms with E-state index in [0.717, 1.165) is 23.4 Å². The van der Waals surface area contributed by atoms with Gasteiger partial charge in [-0.05, 0) is 30.8 Å². The average Bonchev–Trinajstić information content (AvgIpc) is 2.73. The van der Waals surface area contributed by atoms with Crippen LogP contribution in [0.2, 0.25) is 0 Å². The van der Waals surface area contributed by atoms with Crippen molar-refractivity contribution in [2.24, 2.45) is 0 Å². The van der Waals surface area contributed by atoms with E-state index < -0.39 is 0 Å². The van der Waals surface area contributed by atoms with Crippen LogP contribution in [0.5, 0.6) is 17.2 Å². The largest absolute Gasteiger partial charge is 0.496 e. The number of carbonyl (C=O) groups excluding carboxylic acids is 1. The summed E-state index contributed by atoms with van der Waals surface area (Å²) >= 11 is 0. The summed E-state index contributed by atoms with van der Waals surface area (Å²) in [5.74, 6) is 2.27. The van der Waals surface area contributed by atoms with Gasteiger partial charge in [0.15, 0.2) is 11.5 Å². The van der Waals surface area contributed by atoms with Gasteiger partial charge in [-0.1, -0.05) is 24.3 Å². The van der Waals surface area contributed by atoms with Crippen molar-refractivity contribution in [2.75, 3.05) is 48.0 Å². The molecule has 1 aliphatic heterocycles. The minimum atomic E-state index is 0.110. The van der Waals surface area contributed by atoms with Gasteiger partial charge in [-0.3, -0.25) is 9.69 Å². The lowest BCUT2D eigenvalue weighted by Crippen LogP contribution is -2.49. The molecule has 6 nitrogen and oxygen atoms in total. The highest BCUT2D eigenvalue weighted by atomic mass is 16.5. The van der Waals surface area contributed by atoms with Crippen LogP contribution in [0.25, 0.3) is 0 Å². The van der Waals surface area contributed by atoms with E-state index in [2.05, 4.69) is 18.0 Å². The summed E-state index contributed by atoms with van der Waals surface area (Å²) < 4.78 is 16.1. The average molecular weight is 384 g/mol. The summed E-state index contributed by atoms with van der Waals surface area (Å²) in [6.07, 6.45) is 0.336. The molecule has 0 saturated carbocycles. The number of methoxy groups -OCH3 is 3. The predicted molar refractivity (Wildman–Crippen MR) is 108 cm³/mol. The molecule has 0 aliphatic carbocycles. The molecule has 0 aromatic heterocycles. The number of piperazine rings is 1. The highest BCUT2D eigenvalue weighted by Crippen LogP contribution is 2.32. The Labute approximate surface area is 166 Å². The van der Waals surface area contributed by atoms with E-state index in [0.29, 0.717) is 31.0 Å². The minimum Gasteiger partial charge on any atom is -0.496 e. The molecule has 0 bridgehead atoms. The van der Waals surface area contributed by atoms with Crippen LogP contribution >= 0.6 is 0 Å². The molecule has 0 N–H and O–H groups in total. The number of hydrogen-bond donors (Lipinski definition) is 0. The molecule has 150 valence electrons. The molecule has 1 unspecified atom stereocenters. The number of amides is 1. The maximum absolute atomic E-state index is 13.0. The summed E-state index contributed by atoms with van der Waals surface area (Å²) in [6, 6.07) is 13.7. The maximum atomic E-state index is 13.0. The fraction of sp³-hybridized carbons (Fsp3) is 0.409. The molecule has 28 heavy (non-hydrogen) atoms. The predicted octanol–water partition coefficient (Wildman–Crippen LogP) is 2.77. The van der Waals surface area contributed by atoms with Crippen LogP contribution in [0.1, 0.15) is 17.2 Å². The second-order valence-corrected chi connectivity index (χ2v) is 6.94. The normalized spacial score (nSPS) is 17.3. The first-order valence-corrected chi connectivity index (χ1v) is 9.39. The molecular weight excluding hydrogens is 356 g/mol. The third-order valence-electron chi connectivity index (χ3n) is 5.30. The summed E-state index contributed by atoms with van der Waals surface area (Å²) in [4.78, 5) is 17.2. The SMILES string of the molecule is COc1ccc(CC(=O)N2CCN(C)C(c3ccccc3OC)C2)cc1OC. The first kappa shape index (κ1) is 20.0. The minimum absolute atomic E-state index is 0.110. The van der Waals surface area contributed by atoms with Crippen LogP contribution in [0.15, 0.2) is 42.5 Å². The third kappa shape index (κ3) is 4.22. The quantitative estimate of drug-likeness (QED) is 0.767. The topological polar surface area (TPSA) is 51.2 Å². The standard InChI is InChI=1S/C22H28N2O4/c1-23-11-12-24(15-18(23)17-7-5-6-8-19(17)26-2)22(25)14-16-9-10-20(27-3)21(13-16)28-4/h5-10,13,18H,11-12,14-15H2,1-4H3. The van der Waals surface area contributed by atoms with Crippen LogP contribution in [0, 0.1) is 0 Å². The molecule has 6 heteroatoms. The summed E-state index contributed by atoms with van der Waals surface area (Å²) in [6.45, 7) is 2.18. The lowest BCUT2D eigenvalue weighted by Gasteiger charge is -2.40. The molecule has 1 saturated heterocycles. The van der Waals surface area contributed by atoms with Crippen molar-refractivity contribution in [3.63, 3.8) is 0 Å². The van der Waals surface area contributed by atoms with Gasteiger partial charge in [0.2, 0.25) is 5.91 Å². The second-order valence-electron chi connectivity index (χ2n) is 6.94. The summed E-state index contributed by atoms with van der Waals surface area (Å²) in [5.41, 5.74) is 2.02. The molecule has 1 fully saturated rings. The highest BCUT2D eigenvalue weighted by molar-refractivity contribution is 5.79. The highest BCUT2D eigenvalue weighted by Gasteiger charge is 2.30. The van der Waals surface area contributed by atoms with E-state index in [4.69, 9.17) is 14.2 Å². The van der Waals surface area contributed by atoms with Crippen LogP contribution in [0.3, 0.4) is 0 Å². The molecule has 1 amide bonds. The van der Waals surface area contributed by atoms with Gasteiger partial charge in [0, 0.05) is 25.2 Å². The summed E-state index contributed by atoms with van der Waals surface area (Å²) in [5, 5.41) is 0. The number of carbonyl (C=O) groups is 1. The van der Waals surface area contributed by atoms with Crippen LogP contribution in [-0.2, 0) is 11.2 Å². The van der Waals surface area contributed by atoms with Crippen molar-refractivity contribution in [1.29, 1.82) is 0 Å². The first-order valence-electron chi connectivity index (χ1n) is 9.39. The van der Waals surface area contributed by atoms with E-state index in [-0.39, 0.29) is 11.9 Å². The van der Waals surface area contributed by atoms with Crippen molar-refractivity contribution in [3.05, 3.63) is 53.6 Å². The van der Waals surface area contributed by atoms with Gasteiger partial charge in [0.05, 0.1) is 33.8 Å². The number of ether oxygens (including phenoxy) is 3. The van der Waals surface area contributed by atoms with Gasteiger partial charge in [-0.25, -0.2) is 0 Å². The van der Waals surface area contributed by atoms with E-state index >= 15 is 0 Å². The van der Waals surface area contributed by atoms with Crippen molar-refractivity contribution in [3.8, 4) is 17.2 Å². The Kier molecular flexibility index (Phi) is 6.41. The molecule has 1 heterocycles. The van der Waals surface area contributed by atoms with E-state index in [1.165, 1.54) is 0 Å². The zero-order valence-corrected chi connectivity index (χ0v) is 17.0. The van der Waals surface area contributed by atoms with Gasteiger partial charge >= 0.3 is 0 Å². The third-order valence-corrected chi connectivity index (χ3v) is 5.30. The van der Waals surface area contributed by atoms with Gasteiger partial charge in [0.25, 0.3) is 0 Å². The molecule has 2 aromatic rings. The zero-order chi connectivity index (χ0) is 20.1. The van der Waals surface area contributed by atoms with E-state index in [1.54, 1.807) is 21.3 Å². The van der Waals surface area contributed by atoms with Crippen molar-refractivity contribution < 1.29 is 19.0 Å². The Morgan fingerprint density at radius 1 is 0.964 bits per heavy atom. The van der Waals surface area contributed by atoms with E-state index in [1.807, 2.05) is 41.3 Å². The Balaban J connectivity index is 1.74. The van der Waals surface area contributed by atoms with Crippen molar-refractivity contribution in [1.82, 2.24) is 9.80 Å². The van der Waals surface area contributed by atoms with Crippen LogP contribution < -0.4 is 14.2 Å². The fourth-order valence-corrected chi connectivity index (χ4v) is 3.65. The monoisotopic (exact) mass is 384 g/mol. The van der Waals surface area contributed by atoms with Crippen molar-refractivity contribution in [2.45, 2.75) is 12.5 Å². The fourth-order valence-electron chi connectivity index (χ4n) is 3.65. The lowest BCUT2D eigenvalue weighted by atomic mass is 10.0. The molecule has 0 spiro atoms. The molecular formula is C22H28N2O4. The Hall–Kier alpha value is -2.73. The van der Waals surface area contributed by atoms with Crippen LogP contribution in [-0.4, -0.2) is 63.7 Å². The molecule has 1 aliphatic rings. The second kappa shape index (κ2) is 8.97. The lowest BCUT2D eigenvalue weighted by molar-refractivity contribution is -0.133. The number of likely N-dealkylation sites (N-methyl/N-ethyl adjacent to an activating group) is 1. The van der Waals surface area contributed by atoms with Gasteiger partial charge < -0.3 is 19.1 Å². The van der Waals surface area contributed by atoms with E-state index in [9.17, 15) is 4.79 Å². The van der Waals surface area contributed by atoms with Gasteiger partial charge in [0.1, 0.15) is 5.75 Å². The number of para-hydroxylation sites is 1. The number of rotatable bonds is 6. The number of benzene rings is 2. The zero-order valence-electron chi connectivity index (χ0n) is 17.0. The molecule has 2 aromatic carbocycles. The maximum Gasteiger partial charge on any atom is 0.227 e. The van der Waals surface area contributed by atoms with Crippen LogP contribution in [0.4, 0.5) is 0 Å². The molecule has 0 radical (unpaired) electrons. The van der Waals surface area contributed by atoms with Crippen molar-refractivity contribution >= 4 is 5.91 Å². The van der Waals surface area contributed by atoms with Gasteiger partial charge in [-0.2, -0.15) is 0 Å². The van der Waals surface area contributed by atoms with Gasteiger partial charge in [-0.15, -0.1) is 0 Å². The Bertz CT molecular complexity index is 824. The molecule has 3 rings (SSSR count). The number of nitrogens with zero attached hydrogens (tertiary/aromatic N) is 2. The Morgan fingerprint density at radius 2 is 1.68 bits per heavy atom. The number of hydrogen-bond acceptors (Lipinski definition) is 5. The first-order chi connectivity index (χ1) is 13.6. The smallest absolute Gasteiger partial charge is 0.227 e.